The van der Waals surface area contributed by atoms with Crippen LogP contribution in [0.15, 0.2) is 40.4 Å². The van der Waals surface area contributed by atoms with E-state index < -0.39 is 11.4 Å². The predicted octanol–water partition coefficient (Wildman–Crippen LogP) is 1.97. The van der Waals surface area contributed by atoms with Crippen molar-refractivity contribution in [3.63, 3.8) is 0 Å². The smallest absolute Gasteiger partial charge is 0.296 e. The quantitative estimate of drug-likeness (QED) is 0.724. The fourth-order valence-electron chi connectivity index (χ4n) is 1.25. The van der Waals surface area contributed by atoms with E-state index in [-0.39, 0.29) is 11.4 Å². The number of rotatable bonds is 2. The first kappa shape index (κ1) is 9.32. The Morgan fingerprint density at radius 3 is 2.73 bits per heavy atom. The van der Waals surface area contributed by atoms with Crippen molar-refractivity contribution in [2.75, 3.05) is 0 Å². The van der Waals surface area contributed by atoms with E-state index in [0.29, 0.717) is 0 Å². The summed E-state index contributed by atoms with van der Waals surface area (Å²) in [4.78, 5) is 11.5. The molecule has 5 nitrogen and oxygen atoms in total. The number of nitrogens with zero attached hydrogens (tertiary/aromatic N) is 2. The van der Waals surface area contributed by atoms with Gasteiger partial charge in [0.05, 0.1) is 6.20 Å². The summed E-state index contributed by atoms with van der Waals surface area (Å²) in [7, 11) is 0. The lowest BCUT2D eigenvalue weighted by Gasteiger charge is -2.01. The van der Waals surface area contributed by atoms with Gasteiger partial charge in [-0.25, -0.2) is 14.6 Å². The van der Waals surface area contributed by atoms with Crippen LogP contribution in [-0.4, -0.2) is 9.78 Å². The Kier molecular flexibility index (Phi) is 2.17. The number of hydrogen-bond donors (Lipinski definition) is 2. The molecule has 0 saturated heterocycles. The lowest BCUT2D eigenvalue weighted by molar-refractivity contribution is 0.608. The minimum Gasteiger partial charge on any atom is -0.296 e. The molecule has 1 aromatic heterocycles. The van der Waals surface area contributed by atoms with Gasteiger partial charge in [0, 0.05) is 0 Å². The molecule has 0 fully saturated rings. The molecule has 0 atom stereocenters. The van der Waals surface area contributed by atoms with Crippen LogP contribution in [0.4, 0.5) is 10.1 Å². The zero-order valence-corrected chi connectivity index (χ0v) is 7.57. The lowest BCUT2D eigenvalue weighted by Crippen LogP contribution is -2.15. The van der Waals surface area contributed by atoms with Crippen LogP contribution in [-0.2, 0) is 0 Å². The molecule has 0 aliphatic carbocycles. The molecule has 0 aliphatic rings. The monoisotopic (exact) mass is 206 g/mol. The molecule has 0 radical (unpaired) electrons. The van der Waals surface area contributed by atoms with E-state index in [9.17, 15) is 9.18 Å². The van der Waals surface area contributed by atoms with Gasteiger partial charge < -0.3 is 0 Å². The second-order valence-electron chi connectivity index (χ2n) is 2.86. The zero-order chi connectivity index (χ0) is 10.8. The van der Waals surface area contributed by atoms with Gasteiger partial charge in [0.2, 0.25) is 0 Å². The average Bonchev–Trinajstić information content (AvgIpc) is 2.60. The summed E-state index contributed by atoms with van der Waals surface area (Å²) in [5, 5.41) is 5.54. The highest BCUT2D eigenvalue weighted by molar-refractivity contribution is 5.37. The van der Waals surface area contributed by atoms with Crippen LogP contribution < -0.4 is 5.56 Å². The molecule has 2 aromatic rings. The Morgan fingerprint density at radius 1 is 1.40 bits per heavy atom. The van der Waals surface area contributed by atoms with Gasteiger partial charge in [0.25, 0.3) is 5.56 Å². The first-order valence-electron chi connectivity index (χ1n) is 4.17. The molecule has 0 unspecified atom stereocenters. The fourth-order valence-corrected chi connectivity index (χ4v) is 1.25. The van der Waals surface area contributed by atoms with Crippen molar-refractivity contribution in [2.24, 2.45) is 5.11 Å². The van der Waals surface area contributed by atoms with Crippen molar-refractivity contribution < 1.29 is 4.39 Å². The van der Waals surface area contributed by atoms with E-state index in [2.05, 4.69) is 10.2 Å². The molecule has 1 heterocycles. The van der Waals surface area contributed by atoms with Gasteiger partial charge in [-0.1, -0.05) is 12.1 Å². The van der Waals surface area contributed by atoms with Gasteiger partial charge in [-0.2, -0.15) is 5.11 Å². The van der Waals surface area contributed by atoms with Crippen molar-refractivity contribution >= 4 is 5.69 Å². The average molecular weight is 206 g/mol. The second-order valence-corrected chi connectivity index (χ2v) is 2.86. The van der Waals surface area contributed by atoms with Crippen LogP contribution in [0.5, 0.6) is 0 Å². The molecular formula is C9H7FN4O. The zero-order valence-electron chi connectivity index (χ0n) is 7.57. The first-order valence-corrected chi connectivity index (χ1v) is 4.17. The van der Waals surface area contributed by atoms with Crippen molar-refractivity contribution in [3.8, 4) is 5.69 Å². The Labute approximate surface area is 83.7 Å². The largest absolute Gasteiger partial charge is 0.299 e. The Bertz CT molecular complexity index is 557. The molecule has 6 heteroatoms. The highest BCUT2D eigenvalue weighted by Gasteiger charge is 2.09. The molecule has 15 heavy (non-hydrogen) atoms. The maximum Gasteiger partial charge on any atom is 0.299 e. The second kappa shape index (κ2) is 3.49. The number of aromatic nitrogens is 2. The summed E-state index contributed by atoms with van der Waals surface area (Å²) >= 11 is 0. The van der Waals surface area contributed by atoms with E-state index in [0.717, 1.165) is 4.68 Å². The standard InChI is InChI=1S/C9H7FN4O/c10-6-3-1-2-4-8(6)14-9(15)7(13-11)5-12-14/h1-5,11-12H. The van der Waals surface area contributed by atoms with E-state index in [1.807, 2.05) is 0 Å². The number of benzene rings is 1. The Hall–Kier alpha value is -2.24. The third-order valence-electron chi connectivity index (χ3n) is 1.97. The highest BCUT2D eigenvalue weighted by atomic mass is 19.1. The third-order valence-corrected chi connectivity index (χ3v) is 1.97. The van der Waals surface area contributed by atoms with Gasteiger partial charge in [-0.05, 0) is 12.1 Å². The molecule has 76 valence electrons. The minimum atomic E-state index is -0.546. The van der Waals surface area contributed by atoms with Crippen molar-refractivity contribution in [2.45, 2.75) is 0 Å². The number of nitrogens with one attached hydrogen (secondary N) is 2. The number of hydrogen-bond acceptors (Lipinski definition) is 3. The SMILES string of the molecule is N=Nc1c[nH]n(-c2ccccc2F)c1=O. The van der Waals surface area contributed by atoms with Crippen LogP contribution in [0.25, 0.3) is 5.69 Å². The van der Waals surface area contributed by atoms with Crippen LogP contribution in [0.3, 0.4) is 0 Å². The molecule has 0 bridgehead atoms. The van der Waals surface area contributed by atoms with E-state index in [1.165, 1.54) is 24.4 Å². The maximum absolute atomic E-state index is 13.3. The van der Waals surface area contributed by atoms with Gasteiger partial charge in [-0.3, -0.25) is 9.89 Å². The van der Waals surface area contributed by atoms with Crippen molar-refractivity contribution in [3.05, 3.63) is 46.6 Å². The van der Waals surface area contributed by atoms with E-state index in [4.69, 9.17) is 5.53 Å². The van der Waals surface area contributed by atoms with Crippen molar-refractivity contribution in [1.82, 2.24) is 9.78 Å². The Balaban J connectivity index is 2.65. The number of aromatic amines is 1. The molecule has 0 aliphatic heterocycles. The van der Waals surface area contributed by atoms with E-state index in [1.54, 1.807) is 6.07 Å². The lowest BCUT2D eigenvalue weighted by atomic mass is 10.3. The highest BCUT2D eigenvalue weighted by Crippen LogP contribution is 2.11. The van der Waals surface area contributed by atoms with Gasteiger partial charge in [-0.15, -0.1) is 0 Å². The van der Waals surface area contributed by atoms with Crippen LogP contribution in [0.2, 0.25) is 0 Å². The molecule has 0 saturated carbocycles. The summed E-state index contributed by atoms with van der Waals surface area (Å²) in [6.07, 6.45) is 1.25. The maximum atomic E-state index is 13.3. The van der Waals surface area contributed by atoms with Crippen molar-refractivity contribution in [1.29, 1.82) is 5.53 Å². The van der Waals surface area contributed by atoms with E-state index >= 15 is 0 Å². The first-order chi connectivity index (χ1) is 7.24. The normalized spacial score (nSPS) is 10.2. The molecule has 1 aromatic carbocycles. The summed E-state index contributed by atoms with van der Waals surface area (Å²) in [6, 6.07) is 5.85. The predicted molar refractivity (Wildman–Crippen MR) is 51.2 cm³/mol. The fraction of sp³-hybridized carbons (Fsp3) is 0. The topological polar surface area (TPSA) is 74.0 Å². The summed E-state index contributed by atoms with van der Waals surface area (Å²) < 4.78 is 14.3. The molecule has 2 rings (SSSR count). The molecule has 2 N–H and O–H groups in total. The van der Waals surface area contributed by atoms with Crippen LogP contribution in [0.1, 0.15) is 0 Å². The summed E-state index contributed by atoms with van der Waals surface area (Å²) in [5.41, 5.74) is 6.22. The van der Waals surface area contributed by atoms with Gasteiger partial charge >= 0.3 is 0 Å². The van der Waals surface area contributed by atoms with Crippen LogP contribution >= 0.6 is 0 Å². The third kappa shape index (κ3) is 1.45. The Morgan fingerprint density at radius 2 is 2.13 bits per heavy atom. The van der Waals surface area contributed by atoms with Gasteiger partial charge in [0.15, 0.2) is 5.69 Å². The molecular weight excluding hydrogens is 199 g/mol. The van der Waals surface area contributed by atoms with Crippen LogP contribution in [0, 0.1) is 11.3 Å². The number of H-pyrrole nitrogens is 1. The summed E-state index contributed by atoms with van der Waals surface area (Å²) in [5.74, 6) is -0.516. The molecule has 0 spiro atoms. The molecule has 0 amide bonds. The number of para-hydroxylation sites is 1. The number of halogens is 1. The summed E-state index contributed by atoms with van der Waals surface area (Å²) in [6.45, 7) is 0. The minimum absolute atomic E-state index is 0.0572. The van der Waals surface area contributed by atoms with Gasteiger partial charge in [0.1, 0.15) is 11.5 Å².